The molecule has 0 aromatic heterocycles. The fourth-order valence-electron chi connectivity index (χ4n) is 1.88. The average molecular weight is 269 g/mol. The third kappa shape index (κ3) is 3.98. The molecule has 2 N–H and O–H groups in total. The van der Waals surface area contributed by atoms with Crippen molar-refractivity contribution in [1.29, 1.82) is 0 Å². The monoisotopic (exact) mass is 268 g/mol. The normalized spacial score (nSPS) is 14.8. The summed E-state index contributed by atoms with van der Waals surface area (Å²) in [6, 6.07) is 7.49. The molecule has 1 aliphatic carbocycles. The Balaban J connectivity index is 1.85. The van der Waals surface area contributed by atoms with Crippen LogP contribution in [0.3, 0.4) is 0 Å². The molecular formula is C13H17ClN2O2. The molecule has 0 unspecified atom stereocenters. The van der Waals surface area contributed by atoms with Gasteiger partial charge in [-0.15, -0.1) is 0 Å². The highest BCUT2D eigenvalue weighted by Gasteiger charge is 2.29. The molecule has 0 bridgehead atoms. The summed E-state index contributed by atoms with van der Waals surface area (Å²) >= 11 is 5.77. The van der Waals surface area contributed by atoms with Gasteiger partial charge in [-0.1, -0.05) is 11.6 Å². The van der Waals surface area contributed by atoms with E-state index in [4.69, 9.17) is 16.7 Å². The van der Waals surface area contributed by atoms with Crippen molar-refractivity contribution in [2.24, 2.45) is 0 Å². The van der Waals surface area contributed by atoms with Gasteiger partial charge in [-0.2, -0.15) is 0 Å². The molecule has 1 aromatic rings. The van der Waals surface area contributed by atoms with Crippen LogP contribution in [0.15, 0.2) is 24.3 Å². The number of amides is 1. The first-order chi connectivity index (χ1) is 8.69. The molecule has 1 saturated carbocycles. The third-order valence-electron chi connectivity index (χ3n) is 2.93. The summed E-state index contributed by atoms with van der Waals surface area (Å²) < 4.78 is 0. The van der Waals surface area contributed by atoms with Crippen molar-refractivity contribution >= 4 is 23.2 Å². The maximum absolute atomic E-state index is 11.8. The number of carbonyl (C=O) groups excluding carboxylic acids is 1. The number of anilines is 1. The molecule has 0 radical (unpaired) electrons. The van der Waals surface area contributed by atoms with Crippen LogP contribution in [-0.4, -0.2) is 41.7 Å². The lowest BCUT2D eigenvalue weighted by atomic mass is 10.3. The van der Waals surface area contributed by atoms with Gasteiger partial charge in [0.1, 0.15) is 0 Å². The Bertz CT molecular complexity index is 404. The van der Waals surface area contributed by atoms with E-state index in [2.05, 4.69) is 5.32 Å². The standard InChI is InChI=1S/C13H17ClN2O2/c14-10-1-3-11(4-2-10)15-13(18)9-16(7-8-17)12-5-6-12/h1-4,12,17H,5-9H2,(H,15,18). The van der Waals surface area contributed by atoms with Crippen LogP contribution in [0, 0.1) is 0 Å². The molecule has 0 heterocycles. The number of carbonyl (C=O) groups is 1. The van der Waals surface area contributed by atoms with E-state index in [1.807, 2.05) is 4.90 Å². The molecule has 4 nitrogen and oxygen atoms in total. The predicted molar refractivity (Wildman–Crippen MR) is 71.8 cm³/mol. The Kier molecular flexibility index (Phi) is 4.58. The first-order valence-corrected chi connectivity index (χ1v) is 6.47. The van der Waals surface area contributed by atoms with Crippen LogP contribution in [0.1, 0.15) is 12.8 Å². The summed E-state index contributed by atoms with van der Waals surface area (Å²) in [7, 11) is 0. The average Bonchev–Trinajstić information content (AvgIpc) is 3.16. The van der Waals surface area contributed by atoms with Gasteiger partial charge in [-0.25, -0.2) is 0 Å². The smallest absolute Gasteiger partial charge is 0.238 e. The van der Waals surface area contributed by atoms with Crippen molar-refractivity contribution in [2.75, 3.05) is 25.0 Å². The topological polar surface area (TPSA) is 52.6 Å². The van der Waals surface area contributed by atoms with Crippen LogP contribution in [0.25, 0.3) is 0 Å². The minimum atomic E-state index is -0.0577. The zero-order valence-electron chi connectivity index (χ0n) is 10.1. The van der Waals surface area contributed by atoms with Gasteiger partial charge in [-0.3, -0.25) is 9.69 Å². The van der Waals surface area contributed by atoms with E-state index < -0.39 is 0 Å². The lowest BCUT2D eigenvalue weighted by Crippen LogP contribution is -2.36. The number of benzene rings is 1. The summed E-state index contributed by atoms with van der Waals surface area (Å²) in [6.07, 6.45) is 2.24. The number of nitrogens with zero attached hydrogens (tertiary/aromatic N) is 1. The summed E-state index contributed by atoms with van der Waals surface area (Å²) in [5.41, 5.74) is 0.740. The number of hydrogen-bond donors (Lipinski definition) is 2. The zero-order chi connectivity index (χ0) is 13.0. The van der Waals surface area contributed by atoms with Crippen molar-refractivity contribution in [3.05, 3.63) is 29.3 Å². The highest BCUT2D eigenvalue weighted by molar-refractivity contribution is 6.30. The lowest BCUT2D eigenvalue weighted by Gasteiger charge is -2.20. The Morgan fingerprint density at radius 2 is 2.06 bits per heavy atom. The van der Waals surface area contributed by atoms with E-state index in [0.717, 1.165) is 18.5 Å². The molecule has 5 heteroatoms. The van der Waals surface area contributed by atoms with Crippen molar-refractivity contribution in [2.45, 2.75) is 18.9 Å². The largest absolute Gasteiger partial charge is 0.395 e. The van der Waals surface area contributed by atoms with E-state index in [1.54, 1.807) is 24.3 Å². The summed E-state index contributed by atoms with van der Waals surface area (Å²) in [6.45, 7) is 0.970. The maximum Gasteiger partial charge on any atom is 0.238 e. The lowest BCUT2D eigenvalue weighted by molar-refractivity contribution is -0.117. The first kappa shape index (κ1) is 13.3. The first-order valence-electron chi connectivity index (χ1n) is 6.09. The van der Waals surface area contributed by atoms with Gasteiger partial charge in [0.15, 0.2) is 0 Å². The summed E-state index contributed by atoms with van der Waals surface area (Å²) in [5, 5.41) is 12.4. The summed E-state index contributed by atoms with van der Waals surface area (Å²) in [5.74, 6) is -0.0577. The van der Waals surface area contributed by atoms with Crippen LogP contribution >= 0.6 is 11.6 Å². The maximum atomic E-state index is 11.8. The number of aliphatic hydroxyl groups excluding tert-OH is 1. The van der Waals surface area contributed by atoms with E-state index in [1.165, 1.54) is 0 Å². The molecule has 18 heavy (non-hydrogen) atoms. The van der Waals surface area contributed by atoms with Gasteiger partial charge in [0.2, 0.25) is 5.91 Å². The highest BCUT2D eigenvalue weighted by atomic mass is 35.5. The van der Waals surface area contributed by atoms with E-state index in [-0.39, 0.29) is 12.5 Å². The molecule has 1 amide bonds. The van der Waals surface area contributed by atoms with Crippen molar-refractivity contribution in [1.82, 2.24) is 4.90 Å². The summed E-state index contributed by atoms with van der Waals surface area (Å²) in [4.78, 5) is 13.9. The van der Waals surface area contributed by atoms with Gasteiger partial charge in [0.05, 0.1) is 13.2 Å². The molecule has 98 valence electrons. The molecule has 2 rings (SSSR count). The van der Waals surface area contributed by atoms with E-state index in [0.29, 0.717) is 24.2 Å². The second-order valence-corrected chi connectivity index (χ2v) is 4.92. The number of nitrogens with one attached hydrogen (secondary N) is 1. The van der Waals surface area contributed by atoms with Crippen molar-refractivity contribution in [3.8, 4) is 0 Å². The van der Waals surface area contributed by atoms with Crippen molar-refractivity contribution < 1.29 is 9.90 Å². The second kappa shape index (κ2) is 6.18. The fourth-order valence-corrected chi connectivity index (χ4v) is 2.00. The molecule has 1 aromatic carbocycles. The Morgan fingerprint density at radius 3 is 2.61 bits per heavy atom. The molecule has 0 aliphatic heterocycles. The minimum absolute atomic E-state index is 0.0577. The number of rotatable bonds is 6. The minimum Gasteiger partial charge on any atom is -0.395 e. The molecule has 0 atom stereocenters. The zero-order valence-corrected chi connectivity index (χ0v) is 10.9. The quantitative estimate of drug-likeness (QED) is 0.826. The molecule has 0 spiro atoms. The van der Waals surface area contributed by atoms with Gasteiger partial charge in [0, 0.05) is 23.3 Å². The van der Waals surface area contributed by atoms with Crippen LogP contribution in [-0.2, 0) is 4.79 Å². The van der Waals surface area contributed by atoms with Crippen LogP contribution < -0.4 is 5.32 Å². The van der Waals surface area contributed by atoms with Crippen LogP contribution in [0.2, 0.25) is 5.02 Å². The van der Waals surface area contributed by atoms with Crippen LogP contribution in [0.4, 0.5) is 5.69 Å². The Hall–Kier alpha value is -1.10. The van der Waals surface area contributed by atoms with E-state index >= 15 is 0 Å². The number of halogens is 1. The highest BCUT2D eigenvalue weighted by Crippen LogP contribution is 2.26. The predicted octanol–water partition coefficient (Wildman–Crippen LogP) is 1.74. The third-order valence-corrected chi connectivity index (χ3v) is 3.18. The van der Waals surface area contributed by atoms with Gasteiger partial charge in [-0.05, 0) is 37.1 Å². The van der Waals surface area contributed by atoms with Gasteiger partial charge >= 0.3 is 0 Å². The number of aliphatic hydroxyl groups is 1. The Labute approximate surface area is 112 Å². The Morgan fingerprint density at radius 1 is 1.39 bits per heavy atom. The molecule has 0 saturated heterocycles. The van der Waals surface area contributed by atoms with Gasteiger partial charge in [0.25, 0.3) is 0 Å². The number of hydrogen-bond acceptors (Lipinski definition) is 3. The SMILES string of the molecule is O=C(CN(CCO)C1CC1)Nc1ccc(Cl)cc1. The van der Waals surface area contributed by atoms with Gasteiger partial charge < -0.3 is 10.4 Å². The van der Waals surface area contributed by atoms with E-state index in [9.17, 15) is 4.79 Å². The second-order valence-electron chi connectivity index (χ2n) is 4.48. The molecule has 1 aliphatic rings. The van der Waals surface area contributed by atoms with Crippen LogP contribution in [0.5, 0.6) is 0 Å². The fraction of sp³-hybridized carbons (Fsp3) is 0.462. The molecular weight excluding hydrogens is 252 g/mol. The van der Waals surface area contributed by atoms with Crippen molar-refractivity contribution in [3.63, 3.8) is 0 Å². The molecule has 1 fully saturated rings.